The van der Waals surface area contributed by atoms with Crippen molar-refractivity contribution in [1.29, 1.82) is 0 Å². The van der Waals surface area contributed by atoms with Gasteiger partial charge in [-0.05, 0) is 6.42 Å². The zero-order valence-corrected chi connectivity index (χ0v) is 24.5. The minimum atomic E-state index is -4.60. The number of aliphatic hydroxyl groups excluding tert-OH is 2. The average Bonchev–Trinajstić information content (AvgIpc) is 2.84. The molecule has 0 saturated carbocycles. The van der Waals surface area contributed by atoms with E-state index in [0.717, 1.165) is 19.3 Å². The van der Waals surface area contributed by atoms with Crippen LogP contribution in [0.25, 0.3) is 0 Å². The number of unbranched alkanes of at least 4 members (excludes halogenated alkanes) is 23. The van der Waals surface area contributed by atoms with Crippen LogP contribution in [0.5, 0.6) is 0 Å². The summed E-state index contributed by atoms with van der Waals surface area (Å²) in [6.45, 7) is 1.73. The molecule has 0 rings (SSSR count). The number of aliphatic hydroxyl groups is 2. The molecule has 0 radical (unpaired) electrons. The van der Waals surface area contributed by atoms with Gasteiger partial charge in [-0.25, -0.2) is 4.57 Å². The molecule has 7 heteroatoms. The molecule has 0 spiro atoms. The van der Waals surface area contributed by atoms with Crippen LogP contribution in [0.1, 0.15) is 167 Å². The highest BCUT2D eigenvalue weighted by atomic mass is 31.2. The summed E-state index contributed by atoms with van der Waals surface area (Å²) in [5.41, 5.74) is 0. The normalized spacial score (nSPS) is 13.8. The van der Waals surface area contributed by atoms with Gasteiger partial charge in [-0.3, -0.25) is 4.52 Å². The van der Waals surface area contributed by atoms with Crippen molar-refractivity contribution in [3.8, 4) is 0 Å². The van der Waals surface area contributed by atoms with Crippen LogP contribution in [-0.4, -0.2) is 38.8 Å². The Labute approximate surface area is 223 Å². The van der Waals surface area contributed by atoms with Crippen molar-refractivity contribution in [2.24, 2.45) is 0 Å². The zero-order valence-electron chi connectivity index (χ0n) is 23.6. The van der Waals surface area contributed by atoms with Crippen LogP contribution in [0.2, 0.25) is 0 Å². The maximum atomic E-state index is 10.6. The quantitative estimate of drug-likeness (QED) is 0.0563. The highest BCUT2D eigenvalue weighted by molar-refractivity contribution is 7.46. The summed E-state index contributed by atoms with van der Waals surface area (Å²) in [5.74, 6) is 0. The van der Waals surface area contributed by atoms with Crippen molar-refractivity contribution in [2.75, 3.05) is 6.61 Å². The van der Waals surface area contributed by atoms with Gasteiger partial charge >= 0.3 is 7.82 Å². The second-order valence-electron chi connectivity index (χ2n) is 10.8. The van der Waals surface area contributed by atoms with Gasteiger partial charge in [0.2, 0.25) is 0 Å². The largest absolute Gasteiger partial charge is 0.469 e. The van der Waals surface area contributed by atoms with E-state index in [1.54, 1.807) is 0 Å². The number of phosphoric acid groups is 1. The lowest BCUT2D eigenvalue weighted by Crippen LogP contribution is -2.30. The van der Waals surface area contributed by atoms with Crippen molar-refractivity contribution in [1.82, 2.24) is 0 Å². The van der Waals surface area contributed by atoms with Crippen molar-refractivity contribution in [3.63, 3.8) is 0 Å². The fourth-order valence-corrected chi connectivity index (χ4v) is 5.14. The lowest BCUT2D eigenvalue weighted by Gasteiger charge is -2.17. The van der Waals surface area contributed by atoms with Gasteiger partial charge in [0.05, 0.1) is 12.7 Å². The van der Waals surface area contributed by atoms with Crippen molar-refractivity contribution >= 4 is 7.82 Å². The minimum absolute atomic E-state index is 0.422. The molecular formula is C29H61O6P. The summed E-state index contributed by atoms with van der Waals surface area (Å²) in [6, 6.07) is 0. The maximum Gasteiger partial charge on any atom is 0.469 e. The highest BCUT2D eigenvalue weighted by Crippen LogP contribution is 2.35. The first kappa shape index (κ1) is 36.0. The molecule has 0 amide bonds. The van der Waals surface area contributed by atoms with Gasteiger partial charge in [0.25, 0.3) is 0 Å². The fourth-order valence-electron chi connectivity index (χ4n) is 4.79. The van der Waals surface area contributed by atoms with E-state index in [1.165, 1.54) is 135 Å². The third-order valence-corrected chi connectivity index (χ3v) is 7.70. The molecule has 36 heavy (non-hydrogen) atoms. The monoisotopic (exact) mass is 536 g/mol. The molecular weight excluding hydrogens is 475 g/mol. The molecule has 0 aliphatic heterocycles. The van der Waals surface area contributed by atoms with E-state index in [0.29, 0.717) is 6.42 Å². The molecule has 0 aliphatic rings. The van der Waals surface area contributed by atoms with Crippen molar-refractivity contribution in [3.05, 3.63) is 0 Å². The minimum Gasteiger partial charge on any atom is -0.390 e. The molecule has 2 atom stereocenters. The van der Waals surface area contributed by atoms with Gasteiger partial charge in [-0.15, -0.1) is 0 Å². The zero-order chi connectivity index (χ0) is 26.7. The summed E-state index contributed by atoms with van der Waals surface area (Å²) in [4.78, 5) is 17.2. The van der Waals surface area contributed by atoms with Crippen LogP contribution in [0, 0.1) is 0 Å². The lowest BCUT2D eigenvalue weighted by atomic mass is 10.0. The molecule has 4 N–H and O–H groups in total. The summed E-state index contributed by atoms with van der Waals surface area (Å²) < 4.78 is 14.8. The molecule has 0 bridgehead atoms. The first-order chi connectivity index (χ1) is 17.4. The Morgan fingerprint density at radius 1 is 0.500 bits per heavy atom. The van der Waals surface area contributed by atoms with Crippen molar-refractivity contribution < 1.29 is 29.1 Å². The van der Waals surface area contributed by atoms with E-state index < -0.39 is 26.6 Å². The first-order valence-electron chi connectivity index (χ1n) is 15.4. The maximum absolute atomic E-state index is 10.6. The molecule has 0 aliphatic carbocycles. The second kappa shape index (κ2) is 26.6. The van der Waals surface area contributed by atoms with E-state index in [1.807, 2.05) is 0 Å². The van der Waals surface area contributed by atoms with Crippen molar-refractivity contribution in [2.45, 2.75) is 180 Å². The summed E-state index contributed by atoms with van der Waals surface area (Å²) in [7, 11) is -4.60. The van der Waals surface area contributed by atoms with Gasteiger partial charge in [0, 0.05) is 0 Å². The molecule has 2 unspecified atom stereocenters. The summed E-state index contributed by atoms with van der Waals surface area (Å²) in [6.07, 6.45) is 30.3. The average molecular weight is 537 g/mol. The number of hydrogen-bond donors (Lipinski definition) is 4. The molecule has 6 nitrogen and oxygen atoms in total. The predicted octanol–water partition coefficient (Wildman–Crippen LogP) is 8.59. The first-order valence-corrected chi connectivity index (χ1v) is 17.0. The molecule has 0 saturated heterocycles. The standard InChI is InChI=1S/C29H61O6P/c1-2-3-4-5-6-7-8-9-10-11-12-13-14-15-16-17-18-19-20-21-22-23-24-25-26-28(30)29(31)27-35-36(32,33)34/h28-31H,2-27H2,1H3,(H2,32,33,34). The highest BCUT2D eigenvalue weighted by Gasteiger charge is 2.21. The third kappa shape index (κ3) is 28.6. The molecule has 0 aromatic rings. The SMILES string of the molecule is CCCCCCCCCCCCCCCCCCCCCCCCCCC(O)C(O)COP(=O)(O)O. The van der Waals surface area contributed by atoms with Gasteiger partial charge < -0.3 is 20.0 Å². The van der Waals surface area contributed by atoms with Crippen LogP contribution in [0.15, 0.2) is 0 Å². The Balaban J connectivity index is 3.19. The number of phosphoric ester groups is 1. The van der Waals surface area contributed by atoms with Crippen LogP contribution < -0.4 is 0 Å². The molecule has 0 heterocycles. The Hall–Kier alpha value is 0.0300. The summed E-state index contributed by atoms with van der Waals surface area (Å²) in [5, 5.41) is 19.5. The Morgan fingerprint density at radius 2 is 0.778 bits per heavy atom. The second-order valence-corrected chi connectivity index (χ2v) is 12.1. The molecule has 218 valence electrons. The van der Waals surface area contributed by atoms with Crippen LogP contribution >= 0.6 is 7.82 Å². The van der Waals surface area contributed by atoms with Gasteiger partial charge in [0.15, 0.2) is 0 Å². The van der Waals surface area contributed by atoms with E-state index in [2.05, 4.69) is 11.4 Å². The lowest BCUT2D eigenvalue weighted by molar-refractivity contribution is -0.0182. The third-order valence-electron chi connectivity index (χ3n) is 7.21. The molecule has 0 fully saturated rings. The van der Waals surface area contributed by atoms with Gasteiger partial charge in [-0.2, -0.15) is 0 Å². The molecule has 0 aromatic carbocycles. The molecule has 0 aromatic heterocycles. The Bertz CT molecular complexity index is 484. The van der Waals surface area contributed by atoms with Crippen LogP contribution in [0.3, 0.4) is 0 Å². The van der Waals surface area contributed by atoms with E-state index in [9.17, 15) is 14.8 Å². The van der Waals surface area contributed by atoms with E-state index >= 15 is 0 Å². The Morgan fingerprint density at radius 3 is 1.06 bits per heavy atom. The predicted molar refractivity (Wildman–Crippen MR) is 151 cm³/mol. The number of hydrogen-bond acceptors (Lipinski definition) is 4. The smallest absolute Gasteiger partial charge is 0.390 e. The van der Waals surface area contributed by atoms with Crippen LogP contribution in [0.4, 0.5) is 0 Å². The summed E-state index contributed by atoms with van der Waals surface area (Å²) >= 11 is 0. The van der Waals surface area contributed by atoms with Gasteiger partial charge in [0.1, 0.15) is 6.10 Å². The van der Waals surface area contributed by atoms with E-state index in [-0.39, 0.29) is 0 Å². The fraction of sp³-hybridized carbons (Fsp3) is 1.00. The topological polar surface area (TPSA) is 107 Å². The van der Waals surface area contributed by atoms with Crippen LogP contribution in [-0.2, 0) is 9.09 Å². The Kier molecular flexibility index (Phi) is 26.7. The van der Waals surface area contributed by atoms with Gasteiger partial charge in [-0.1, -0.05) is 161 Å². The number of rotatable bonds is 29. The van der Waals surface area contributed by atoms with E-state index in [4.69, 9.17) is 9.79 Å².